The van der Waals surface area contributed by atoms with Gasteiger partial charge in [0.15, 0.2) is 0 Å². The predicted molar refractivity (Wildman–Crippen MR) is 137 cm³/mol. The number of nitriles is 1. The topological polar surface area (TPSA) is 58.7 Å². The van der Waals surface area contributed by atoms with Gasteiger partial charge in [-0.1, -0.05) is 51.4 Å². The molecule has 0 amide bonds. The van der Waals surface area contributed by atoms with Gasteiger partial charge in [-0.3, -0.25) is 4.79 Å². The Labute approximate surface area is 211 Å². The Bertz CT molecular complexity index is 1390. The van der Waals surface area contributed by atoms with E-state index in [4.69, 9.17) is 16.7 Å². The molecule has 2 aromatic carbocycles. The SMILES string of the molecule is CC1(C)C2CCC3(C2)C1c1nn(C(=O)c2ccc(C#N)cc2)c(-c2ccc(Cl)cc2)c1CC3(C)C. The minimum absolute atomic E-state index is 0.111. The average Bonchev–Trinajstić information content (AvgIpc) is 3.49. The molecule has 6 rings (SSSR count). The van der Waals surface area contributed by atoms with Gasteiger partial charge >= 0.3 is 0 Å². The molecule has 2 bridgehead atoms. The predicted octanol–water partition coefficient (Wildman–Crippen LogP) is 7.26. The van der Waals surface area contributed by atoms with E-state index in [-0.39, 0.29) is 22.2 Å². The Hall–Kier alpha value is -2.90. The molecule has 3 aliphatic rings. The maximum Gasteiger partial charge on any atom is 0.278 e. The fourth-order valence-electron chi connectivity index (χ4n) is 7.89. The summed E-state index contributed by atoms with van der Waals surface area (Å²) < 4.78 is 1.63. The van der Waals surface area contributed by atoms with Crippen molar-refractivity contribution in [3.8, 4) is 17.3 Å². The lowest BCUT2D eigenvalue weighted by molar-refractivity contribution is 0.00338. The van der Waals surface area contributed by atoms with Crippen LogP contribution in [0.1, 0.15) is 80.1 Å². The van der Waals surface area contributed by atoms with E-state index in [9.17, 15) is 10.1 Å². The molecule has 35 heavy (non-hydrogen) atoms. The molecule has 5 heteroatoms. The van der Waals surface area contributed by atoms with Crippen molar-refractivity contribution in [2.45, 2.75) is 59.3 Å². The zero-order valence-electron chi connectivity index (χ0n) is 20.7. The Balaban J connectivity index is 1.59. The van der Waals surface area contributed by atoms with Crippen LogP contribution in [-0.2, 0) is 6.42 Å². The summed E-state index contributed by atoms with van der Waals surface area (Å²) >= 11 is 6.23. The van der Waals surface area contributed by atoms with Crippen LogP contribution in [0.4, 0.5) is 0 Å². The summed E-state index contributed by atoms with van der Waals surface area (Å²) in [5.74, 6) is 0.853. The molecule has 1 spiro atoms. The van der Waals surface area contributed by atoms with Crippen LogP contribution in [0, 0.1) is 33.5 Å². The van der Waals surface area contributed by atoms with Gasteiger partial charge in [-0.15, -0.1) is 0 Å². The number of fused-ring (bicyclic) bond motifs is 3. The van der Waals surface area contributed by atoms with Crippen molar-refractivity contribution in [3.05, 3.63) is 75.9 Å². The van der Waals surface area contributed by atoms with Crippen LogP contribution in [-0.4, -0.2) is 15.7 Å². The second-order valence-corrected chi connectivity index (χ2v) is 12.5. The Morgan fingerprint density at radius 3 is 2.43 bits per heavy atom. The Morgan fingerprint density at radius 2 is 1.77 bits per heavy atom. The maximum absolute atomic E-state index is 13.9. The lowest BCUT2D eigenvalue weighted by atomic mass is 9.49. The lowest BCUT2D eigenvalue weighted by Crippen LogP contribution is -2.48. The van der Waals surface area contributed by atoms with Gasteiger partial charge in [0, 0.05) is 27.6 Å². The first-order valence-electron chi connectivity index (χ1n) is 12.5. The van der Waals surface area contributed by atoms with Gasteiger partial charge < -0.3 is 0 Å². The van der Waals surface area contributed by atoms with E-state index in [1.807, 2.05) is 24.3 Å². The second-order valence-electron chi connectivity index (χ2n) is 12.0. The summed E-state index contributed by atoms with van der Waals surface area (Å²) in [6, 6.07) is 16.7. The number of halogens is 1. The maximum atomic E-state index is 13.9. The Morgan fingerprint density at radius 1 is 1.09 bits per heavy atom. The third-order valence-electron chi connectivity index (χ3n) is 9.72. The second kappa shape index (κ2) is 7.31. The molecule has 178 valence electrons. The third kappa shape index (κ3) is 2.97. The molecule has 0 radical (unpaired) electrons. The highest BCUT2D eigenvalue weighted by molar-refractivity contribution is 6.30. The molecule has 3 atom stereocenters. The van der Waals surface area contributed by atoms with Crippen molar-refractivity contribution < 1.29 is 4.79 Å². The number of rotatable bonds is 2. The molecule has 1 heterocycles. The van der Waals surface area contributed by atoms with Crippen molar-refractivity contribution in [3.63, 3.8) is 0 Å². The number of hydrogen-bond acceptors (Lipinski definition) is 3. The molecule has 3 aliphatic carbocycles. The highest BCUT2D eigenvalue weighted by Gasteiger charge is 2.69. The van der Waals surface area contributed by atoms with E-state index in [0.29, 0.717) is 28.0 Å². The lowest BCUT2D eigenvalue weighted by Gasteiger charge is -2.55. The van der Waals surface area contributed by atoms with Gasteiger partial charge in [-0.05, 0) is 84.2 Å². The minimum Gasteiger partial charge on any atom is -0.267 e. The van der Waals surface area contributed by atoms with Gasteiger partial charge in [0.2, 0.25) is 0 Å². The van der Waals surface area contributed by atoms with Crippen LogP contribution in [0.5, 0.6) is 0 Å². The summed E-state index contributed by atoms with van der Waals surface area (Å²) in [5.41, 5.74) is 5.69. The highest BCUT2D eigenvalue weighted by atomic mass is 35.5. The largest absolute Gasteiger partial charge is 0.278 e. The van der Waals surface area contributed by atoms with Gasteiger partial charge in [0.05, 0.1) is 23.0 Å². The first-order chi connectivity index (χ1) is 16.6. The van der Waals surface area contributed by atoms with E-state index in [1.54, 1.807) is 28.9 Å². The molecular formula is C30H30ClN3O. The molecule has 0 saturated heterocycles. The van der Waals surface area contributed by atoms with E-state index in [1.165, 1.54) is 24.8 Å². The summed E-state index contributed by atoms with van der Waals surface area (Å²) in [6.07, 6.45) is 4.69. The molecule has 2 fully saturated rings. The van der Waals surface area contributed by atoms with E-state index in [2.05, 4.69) is 33.8 Å². The molecule has 2 saturated carbocycles. The average molecular weight is 484 g/mol. The molecular weight excluding hydrogens is 454 g/mol. The smallest absolute Gasteiger partial charge is 0.267 e. The zero-order valence-corrected chi connectivity index (χ0v) is 21.5. The van der Waals surface area contributed by atoms with Crippen molar-refractivity contribution in [1.82, 2.24) is 9.78 Å². The van der Waals surface area contributed by atoms with E-state index >= 15 is 0 Å². The van der Waals surface area contributed by atoms with E-state index < -0.39 is 0 Å². The van der Waals surface area contributed by atoms with Crippen LogP contribution in [0.25, 0.3) is 11.3 Å². The van der Waals surface area contributed by atoms with Gasteiger partial charge in [-0.25, -0.2) is 0 Å². The number of hydrogen-bond donors (Lipinski definition) is 0. The number of carbonyl (C=O) groups is 1. The fourth-order valence-corrected chi connectivity index (χ4v) is 8.02. The Kier molecular flexibility index (Phi) is 4.71. The fraction of sp³-hybridized carbons (Fsp3) is 0.433. The molecule has 0 N–H and O–H groups in total. The van der Waals surface area contributed by atoms with E-state index in [0.717, 1.165) is 23.4 Å². The molecule has 3 unspecified atom stereocenters. The molecule has 4 nitrogen and oxygen atoms in total. The van der Waals surface area contributed by atoms with Crippen molar-refractivity contribution in [2.75, 3.05) is 0 Å². The van der Waals surface area contributed by atoms with Crippen LogP contribution in [0.3, 0.4) is 0 Å². The van der Waals surface area contributed by atoms with Crippen LogP contribution < -0.4 is 0 Å². The van der Waals surface area contributed by atoms with Gasteiger partial charge in [0.1, 0.15) is 0 Å². The first-order valence-corrected chi connectivity index (χ1v) is 12.9. The van der Waals surface area contributed by atoms with Crippen LogP contribution >= 0.6 is 11.6 Å². The van der Waals surface area contributed by atoms with Crippen molar-refractivity contribution in [2.24, 2.45) is 22.2 Å². The number of carbonyl (C=O) groups excluding carboxylic acids is 1. The van der Waals surface area contributed by atoms with Crippen molar-refractivity contribution >= 4 is 17.5 Å². The summed E-state index contributed by atoms with van der Waals surface area (Å²) in [5, 5.41) is 15.0. The summed E-state index contributed by atoms with van der Waals surface area (Å²) in [4.78, 5) is 13.9. The minimum atomic E-state index is -0.165. The quantitative estimate of drug-likeness (QED) is 0.385. The standard InChI is InChI=1S/C30H30ClN3O/c1-28(2)16-23-24(26-29(3,4)21-13-14-30(26,28)15-21)33-34(25(23)19-9-11-22(31)12-10-19)27(35)20-7-5-18(17-32)6-8-20/h5-12,21,26H,13-16H2,1-4H3. The van der Waals surface area contributed by atoms with Gasteiger partial charge in [0.25, 0.3) is 5.91 Å². The van der Waals surface area contributed by atoms with Crippen LogP contribution in [0.2, 0.25) is 5.02 Å². The third-order valence-corrected chi connectivity index (χ3v) is 9.98. The van der Waals surface area contributed by atoms with Crippen molar-refractivity contribution in [1.29, 1.82) is 5.26 Å². The van der Waals surface area contributed by atoms with Crippen LogP contribution in [0.15, 0.2) is 48.5 Å². The van der Waals surface area contributed by atoms with Gasteiger partial charge in [-0.2, -0.15) is 15.0 Å². The molecule has 3 aromatic rings. The monoisotopic (exact) mass is 483 g/mol. The zero-order chi connectivity index (χ0) is 24.8. The number of aromatic nitrogens is 2. The first kappa shape index (κ1) is 22.6. The molecule has 0 aliphatic heterocycles. The number of nitrogens with zero attached hydrogens (tertiary/aromatic N) is 3. The number of benzene rings is 2. The normalized spacial score (nSPS) is 27.2. The highest BCUT2D eigenvalue weighted by Crippen LogP contribution is 2.77. The molecule has 1 aromatic heterocycles. The summed E-state index contributed by atoms with van der Waals surface area (Å²) in [6.45, 7) is 9.69. The summed E-state index contributed by atoms with van der Waals surface area (Å²) in [7, 11) is 0.